The molecule has 30 heavy (non-hydrogen) atoms. The molecule has 1 aliphatic heterocycles. The normalized spacial score (nSPS) is 26.8. The highest BCUT2D eigenvalue weighted by Crippen LogP contribution is 2.52. The summed E-state index contributed by atoms with van der Waals surface area (Å²) in [6, 6.07) is 7.42. The lowest BCUT2D eigenvalue weighted by molar-refractivity contribution is -0.384. The first-order valence-electron chi connectivity index (χ1n) is 9.50. The van der Waals surface area contributed by atoms with Crippen molar-refractivity contribution in [2.45, 2.75) is 6.42 Å². The molecule has 0 radical (unpaired) electrons. The highest BCUT2D eigenvalue weighted by molar-refractivity contribution is 6.06. The minimum atomic E-state index is -0.502. The Balaban J connectivity index is 1.39. The minimum absolute atomic E-state index is 0.0968. The molecule has 0 N–H and O–H groups in total. The molecule has 1 saturated heterocycles. The van der Waals surface area contributed by atoms with Gasteiger partial charge in [0.15, 0.2) is 0 Å². The summed E-state index contributed by atoms with van der Waals surface area (Å²) >= 11 is 0. The number of rotatable bonds is 5. The van der Waals surface area contributed by atoms with Crippen molar-refractivity contribution in [3.8, 4) is 17.1 Å². The zero-order valence-corrected chi connectivity index (χ0v) is 15.9. The lowest BCUT2D eigenvalue weighted by atomic mass is 9.85. The van der Waals surface area contributed by atoms with Crippen LogP contribution in [0.3, 0.4) is 0 Å². The number of carbonyl (C=O) groups excluding carboxylic acids is 2. The van der Waals surface area contributed by atoms with Crippen LogP contribution in [-0.4, -0.2) is 35.1 Å². The van der Waals surface area contributed by atoms with Gasteiger partial charge in [-0.3, -0.25) is 19.7 Å². The third kappa shape index (κ3) is 2.66. The van der Waals surface area contributed by atoms with E-state index in [1.165, 1.54) is 31.5 Å². The number of methoxy groups -OCH3 is 1. The first-order valence-corrected chi connectivity index (χ1v) is 9.50. The van der Waals surface area contributed by atoms with Crippen molar-refractivity contribution in [1.82, 2.24) is 5.01 Å². The van der Waals surface area contributed by atoms with E-state index in [0.29, 0.717) is 22.8 Å². The van der Waals surface area contributed by atoms with Gasteiger partial charge in [0, 0.05) is 12.1 Å². The van der Waals surface area contributed by atoms with Crippen molar-refractivity contribution in [2.24, 2.45) is 28.8 Å². The van der Waals surface area contributed by atoms with Gasteiger partial charge in [0.2, 0.25) is 0 Å². The Morgan fingerprint density at radius 1 is 1.17 bits per heavy atom. The Bertz CT molecular complexity index is 1100. The van der Waals surface area contributed by atoms with Gasteiger partial charge >= 0.3 is 0 Å². The van der Waals surface area contributed by atoms with Crippen LogP contribution in [0.1, 0.15) is 12.2 Å². The molecule has 1 aromatic carbocycles. The Kier molecular flexibility index (Phi) is 4.05. The van der Waals surface area contributed by atoms with E-state index in [2.05, 4.69) is 5.10 Å². The van der Waals surface area contributed by atoms with Crippen LogP contribution >= 0.6 is 0 Å². The largest absolute Gasteiger partial charge is 0.496 e. The van der Waals surface area contributed by atoms with Crippen LogP contribution in [0.25, 0.3) is 11.3 Å². The maximum Gasteiger partial charge on any atom is 0.270 e. The highest BCUT2D eigenvalue weighted by Gasteiger charge is 2.59. The molecule has 2 aliphatic carbocycles. The molecule has 0 spiro atoms. The molecule has 5 rings (SSSR count). The van der Waals surface area contributed by atoms with Crippen LogP contribution in [0.2, 0.25) is 0 Å². The van der Waals surface area contributed by atoms with E-state index in [4.69, 9.17) is 9.15 Å². The lowest BCUT2D eigenvalue weighted by Gasteiger charge is -2.13. The number of amides is 2. The number of hydrogen-bond acceptors (Lipinski definition) is 7. The van der Waals surface area contributed by atoms with Gasteiger partial charge in [-0.05, 0) is 36.5 Å². The number of nitro groups is 1. The number of furan rings is 1. The maximum absolute atomic E-state index is 12.7. The number of hydrogen-bond donors (Lipinski definition) is 0. The maximum atomic E-state index is 12.7. The van der Waals surface area contributed by atoms with Crippen molar-refractivity contribution >= 4 is 23.7 Å². The number of nitro benzene ring substituents is 1. The molecule has 1 saturated carbocycles. The van der Waals surface area contributed by atoms with Gasteiger partial charge < -0.3 is 9.15 Å². The third-order valence-electron chi connectivity index (χ3n) is 6.03. The SMILES string of the molecule is COc1ccc([N+](=O)[O-])cc1-c1ccc(/C=N\N2C(=O)[C@@H]3[C@H](C2=O)[C@@H]2C=C[C@H]3C2)o1. The first-order chi connectivity index (χ1) is 14.5. The zero-order valence-electron chi connectivity index (χ0n) is 15.9. The molecular weight excluding hydrogens is 390 g/mol. The fourth-order valence-corrected chi connectivity index (χ4v) is 4.68. The molecule has 2 bridgehead atoms. The van der Waals surface area contributed by atoms with Crippen LogP contribution in [-0.2, 0) is 9.59 Å². The van der Waals surface area contributed by atoms with E-state index in [9.17, 15) is 19.7 Å². The van der Waals surface area contributed by atoms with E-state index in [1.54, 1.807) is 12.1 Å². The molecule has 152 valence electrons. The summed E-state index contributed by atoms with van der Waals surface area (Å²) in [6.45, 7) is 0. The number of fused-ring (bicyclic) bond motifs is 5. The van der Waals surface area contributed by atoms with Crippen LogP contribution in [0.5, 0.6) is 5.75 Å². The van der Waals surface area contributed by atoms with Crippen LogP contribution in [0.15, 0.2) is 52.0 Å². The monoisotopic (exact) mass is 407 g/mol. The predicted molar refractivity (Wildman–Crippen MR) is 105 cm³/mol. The molecule has 2 heterocycles. The second-order valence-corrected chi connectivity index (χ2v) is 7.58. The molecular formula is C21H17N3O6. The van der Waals surface area contributed by atoms with E-state index in [0.717, 1.165) is 11.4 Å². The summed E-state index contributed by atoms with van der Waals surface area (Å²) in [5.74, 6) is 0.125. The van der Waals surface area contributed by atoms with Gasteiger partial charge in [-0.15, -0.1) is 0 Å². The number of carbonyl (C=O) groups is 2. The fourth-order valence-electron chi connectivity index (χ4n) is 4.68. The number of benzene rings is 1. The minimum Gasteiger partial charge on any atom is -0.496 e. The van der Waals surface area contributed by atoms with Crippen molar-refractivity contribution < 1.29 is 23.7 Å². The molecule has 2 aromatic rings. The first kappa shape index (κ1) is 18.3. The number of ether oxygens (including phenoxy) is 1. The molecule has 0 unspecified atom stereocenters. The van der Waals surface area contributed by atoms with Crippen molar-refractivity contribution in [1.29, 1.82) is 0 Å². The van der Waals surface area contributed by atoms with Gasteiger partial charge in [0.25, 0.3) is 17.5 Å². The predicted octanol–water partition coefficient (Wildman–Crippen LogP) is 3.00. The summed E-state index contributed by atoms with van der Waals surface area (Å²) < 4.78 is 11.0. The second-order valence-electron chi connectivity index (χ2n) is 7.58. The molecule has 9 heteroatoms. The summed E-state index contributed by atoms with van der Waals surface area (Å²) in [5, 5.41) is 16.1. The van der Waals surface area contributed by atoms with E-state index < -0.39 is 4.92 Å². The summed E-state index contributed by atoms with van der Waals surface area (Å²) in [6.07, 6.45) is 6.21. The Labute approximate surface area is 170 Å². The summed E-state index contributed by atoms with van der Waals surface area (Å²) in [5.41, 5.74) is 0.317. The van der Waals surface area contributed by atoms with Gasteiger partial charge in [0.1, 0.15) is 17.3 Å². The van der Waals surface area contributed by atoms with Gasteiger partial charge in [-0.1, -0.05) is 12.2 Å². The Morgan fingerprint density at radius 2 is 1.87 bits per heavy atom. The Hall–Kier alpha value is -3.75. The van der Waals surface area contributed by atoms with E-state index in [1.807, 2.05) is 12.2 Å². The molecule has 2 fully saturated rings. The van der Waals surface area contributed by atoms with Crippen LogP contribution in [0, 0.1) is 33.8 Å². The molecule has 4 atom stereocenters. The van der Waals surface area contributed by atoms with Crippen molar-refractivity contribution in [2.75, 3.05) is 7.11 Å². The number of nitrogens with zero attached hydrogens (tertiary/aromatic N) is 3. The summed E-state index contributed by atoms with van der Waals surface area (Å²) in [7, 11) is 1.46. The topological polar surface area (TPSA) is 115 Å². The fraction of sp³-hybridized carbons (Fsp3) is 0.286. The van der Waals surface area contributed by atoms with E-state index in [-0.39, 0.29) is 41.2 Å². The molecule has 1 aromatic heterocycles. The molecule has 3 aliphatic rings. The van der Waals surface area contributed by atoms with Gasteiger partial charge in [-0.2, -0.15) is 10.1 Å². The van der Waals surface area contributed by atoms with Gasteiger partial charge in [0.05, 0.1) is 35.6 Å². The van der Waals surface area contributed by atoms with Crippen molar-refractivity contribution in [3.63, 3.8) is 0 Å². The van der Waals surface area contributed by atoms with Crippen LogP contribution in [0.4, 0.5) is 5.69 Å². The van der Waals surface area contributed by atoms with Crippen LogP contribution < -0.4 is 4.74 Å². The smallest absolute Gasteiger partial charge is 0.270 e. The Morgan fingerprint density at radius 3 is 2.50 bits per heavy atom. The standard InChI is InChI=1S/C21H17N3O6/c1-29-16-6-4-13(24(27)28)9-15(16)17-7-5-14(30-17)10-22-23-20(25)18-11-2-3-12(8-11)19(18)21(23)26/h2-7,9-12,18-19H,8H2,1H3/b22-10-/t11-,12+,18-,19+. The number of hydrazone groups is 1. The average molecular weight is 407 g/mol. The van der Waals surface area contributed by atoms with Gasteiger partial charge in [-0.25, -0.2) is 0 Å². The highest BCUT2D eigenvalue weighted by atomic mass is 16.6. The quantitative estimate of drug-likeness (QED) is 0.247. The number of non-ortho nitro benzene ring substituents is 1. The number of allylic oxidation sites excluding steroid dienone is 2. The van der Waals surface area contributed by atoms with E-state index >= 15 is 0 Å². The summed E-state index contributed by atoms with van der Waals surface area (Å²) in [4.78, 5) is 35.9. The lowest BCUT2D eigenvalue weighted by Crippen LogP contribution is -2.28. The molecule has 9 nitrogen and oxygen atoms in total. The average Bonchev–Trinajstić information content (AvgIpc) is 3.51. The second kappa shape index (κ2) is 6.65. The third-order valence-corrected chi connectivity index (χ3v) is 6.03. The van der Waals surface area contributed by atoms with Crippen molar-refractivity contribution in [3.05, 3.63) is 58.4 Å². The number of imide groups is 1. The molecule has 2 amide bonds. The zero-order chi connectivity index (χ0) is 21.0.